The molecule has 0 radical (unpaired) electrons. The molecule has 2 aliphatic carbocycles. The van der Waals surface area contributed by atoms with E-state index >= 15 is 0 Å². The first kappa shape index (κ1) is 31.3. The van der Waals surface area contributed by atoms with Crippen LogP contribution in [-0.4, -0.2) is 35.4 Å². The molecule has 2 aromatic carbocycles. The lowest BCUT2D eigenvalue weighted by molar-refractivity contribution is -0.137. The number of fused-ring (bicyclic) bond motifs is 3. The smallest absolute Gasteiger partial charge is 0.417 e. The van der Waals surface area contributed by atoms with E-state index in [-0.39, 0.29) is 24.3 Å². The summed E-state index contributed by atoms with van der Waals surface area (Å²) in [5, 5.41) is 9.84. The molecule has 10 heteroatoms. The van der Waals surface area contributed by atoms with Gasteiger partial charge in [0.15, 0.2) is 0 Å². The van der Waals surface area contributed by atoms with Gasteiger partial charge >= 0.3 is 6.18 Å². The minimum absolute atomic E-state index is 0.0121. The van der Waals surface area contributed by atoms with Crippen molar-refractivity contribution in [2.24, 2.45) is 5.92 Å². The first-order chi connectivity index (χ1) is 19.8. The molecule has 1 saturated carbocycles. The number of hydrogen-bond donors (Lipinski definition) is 1. The monoisotopic (exact) mass is 589 g/mol. The molecule has 6 nitrogen and oxygen atoms in total. The highest BCUT2D eigenvalue weighted by Gasteiger charge is 2.45. The van der Waals surface area contributed by atoms with Crippen LogP contribution >= 0.6 is 0 Å². The zero-order valence-electron chi connectivity index (χ0n) is 24.1. The average molecular weight is 590 g/mol. The summed E-state index contributed by atoms with van der Waals surface area (Å²) in [5.41, 5.74) is 1.22. The van der Waals surface area contributed by atoms with E-state index < -0.39 is 23.2 Å². The Labute approximate surface area is 242 Å². The van der Waals surface area contributed by atoms with Crippen LogP contribution in [0.2, 0.25) is 0 Å². The fraction of sp³-hybridized carbons (Fsp3) is 0.438. The normalized spacial score (nSPS) is 17.0. The summed E-state index contributed by atoms with van der Waals surface area (Å²) < 4.78 is 72.0. The number of hydrogen-bond acceptors (Lipinski definition) is 6. The van der Waals surface area contributed by atoms with Crippen molar-refractivity contribution in [3.8, 4) is 22.8 Å². The number of aryl methyl sites for hydroxylation is 1. The van der Waals surface area contributed by atoms with Crippen LogP contribution in [0, 0.1) is 18.7 Å². The molecule has 3 aromatic rings. The van der Waals surface area contributed by atoms with Crippen molar-refractivity contribution in [3.05, 3.63) is 76.2 Å². The number of carbonyl (C=O) groups is 1. The Bertz CT molecular complexity index is 1420. The predicted octanol–water partition coefficient (Wildman–Crippen LogP) is 7.17. The summed E-state index contributed by atoms with van der Waals surface area (Å²) in [7, 11) is 0. The Balaban J connectivity index is 0.000000748. The minimum atomic E-state index is -4.74. The van der Waals surface area contributed by atoms with Gasteiger partial charge in [-0.15, -0.1) is 0 Å². The third kappa shape index (κ3) is 7.79. The second-order valence-electron chi connectivity index (χ2n) is 11.2. The number of halogens is 4. The van der Waals surface area contributed by atoms with Gasteiger partial charge in [-0.25, -0.2) is 9.37 Å². The van der Waals surface area contributed by atoms with Crippen LogP contribution in [0.1, 0.15) is 67.3 Å². The van der Waals surface area contributed by atoms with Gasteiger partial charge in [0, 0.05) is 24.2 Å². The molecule has 5 rings (SSSR count). The minimum Gasteiger partial charge on any atom is -0.493 e. The molecule has 0 spiro atoms. The average Bonchev–Trinajstić information content (AvgIpc) is 3.58. The van der Waals surface area contributed by atoms with Gasteiger partial charge in [0.05, 0.1) is 24.4 Å². The highest BCUT2D eigenvalue weighted by atomic mass is 19.4. The molecule has 2 atom stereocenters. The lowest BCUT2D eigenvalue weighted by Gasteiger charge is -2.19. The summed E-state index contributed by atoms with van der Waals surface area (Å²) in [5.74, 6) is 1.11. The number of aromatic nitrogens is 1. The summed E-state index contributed by atoms with van der Waals surface area (Å²) in [6, 6.07) is 8.34. The maximum atomic E-state index is 14.8. The fourth-order valence-corrected chi connectivity index (χ4v) is 5.06. The van der Waals surface area contributed by atoms with Crippen molar-refractivity contribution in [3.63, 3.8) is 0 Å². The third-order valence-electron chi connectivity index (χ3n) is 7.38. The van der Waals surface area contributed by atoms with Gasteiger partial charge in [-0.1, -0.05) is 6.07 Å². The van der Waals surface area contributed by atoms with Gasteiger partial charge in [-0.05, 0) is 104 Å². The first-order valence-corrected chi connectivity index (χ1v) is 13.8. The molecule has 0 saturated heterocycles. The van der Waals surface area contributed by atoms with Crippen molar-refractivity contribution in [2.75, 3.05) is 13.2 Å². The lowest BCUT2D eigenvalue weighted by Crippen LogP contribution is -2.21. The number of pyridine rings is 1. The molecule has 42 heavy (non-hydrogen) atoms. The number of ether oxygens (including phenoxy) is 3. The largest absolute Gasteiger partial charge is 0.493 e. The zero-order chi connectivity index (χ0) is 30.7. The maximum Gasteiger partial charge on any atom is 0.417 e. The van der Waals surface area contributed by atoms with Crippen LogP contribution in [0.25, 0.3) is 11.1 Å². The van der Waals surface area contributed by atoms with E-state index in [9.17, 15) is 27.5 Å². The Hall–Kier alpha value is -3.66. The van der Waals surface area contributed by atoms with E-state index in [0.717, 1.165) is 6.42 Å². The fourth-order valence-electron chi connectivity index (χ4n) is 5.06. The van der Waals surface area contributed by atoms with Gasteiger partial charge in [0.2, 0.25) is 5.88 Å². The van der Waals surface area contributed by atoms with Crippen molar-refractivity contribution >= 4 is 6.47 Å². The summed E-state index contributed by atoms with van der Waals surface area (Å²) in [6.07, 6.45) is -0.374. The Morgan fingerprint density at radius 3 is 2.48 bits per heavy atom. The van der Waals surface area contributed by atoms with Crippen molar-refractivity contribution < 1.29 is 41.7 Å². The van der Waals surface area contributed by atoms with Crippen molar-refractivity contribution in [1.82, 2.24) is 4.98 Å². The Kier molecular flexibility index (Phi) is 9.45. The molecule has 2 aliphatic rings. The number of benzene rings is 2. The molecule has 0 amide bonds. The number of aliphatic hydroxyl groups is 1. The van der Waals surface area contributed by atoms with Gasteiger partial charge in [0.1, 0.15) is 18.2 Å². The van der Waals surface area contributed by atoms with Crippen molar-refractivity contribution in [2.45, 2.75) is 71.3 Å². The van der Waals surface area contributed by atoms with Crippen LogP contribution in [-0.2, 0) is 28.7 Å². The van der Waals surface area contributed by atoms with E-state index in [0.29, 0.717) is 60.2 Å². The summed E-state index contributed by atoms with van der Waals surface area (Å²) >= 11 is 0. The Morgan fingerprint density at radius 1 is 1.10 bits per heavy atom. The van der Waals surface area contributed by atoms with Crippen LogP contribution in [0.4, 0.5) is 17.6 Å². The first-order valence-electron chi connectivity index (χ1n) is 13.8. The summed E-state index contributed by atoms with van der Waals surface area (Å²) in [6.45, 7) is 7.69. The molecule has 226 valence electrons. The highest BCUT2D eigenvalue weighted by molar-refractivity contribution is 5.73. The molecule has 1 heterocycles. The molecule has 1 fully saturated rings. The molecule has 1 aromatic heterocycles. The standard InChI is InChI=1S/C29H29F4NO3.C3H6O2/c1-16-8-20(36-7-6-28(2,3)35)4-5-21(16)23-11-19(26(30)13-25(23)29(31,32)33)15-37-27-12-18-9-17-10-22(17)24(18)14-34-27;1-2-5-3-4/h4-5,8,11-14,17,22,35H,6-7,9-10,15H2,1-3H3;3H,2H2,1H3. The van der Waals surface area contributed by atoms with Crippen LogP contribution in [0.3, 0.4) is 0 Å². The predicted molar refractivity (Wildman–Crippen MR) is 149 cm³/mol. The molecule has 0 aliphatic heterocycles. The van der Waals surface area contributed by atoms with Crippen LogP contribution in [0.5, 0.6) is 11.6 Å². The SMILES string of the molecule is CCOC=O.Cc1cc(OCCC(C)(C)O)ccc1-c1cc(COc2cc3c(cn2)C2CC2C3)c(F)cc1C(F)(F)F. The van der Waals surface area contributed by atoms with Crippen LogP contribution < -0.4 is 9.47 Å². The van der Waals surface area contributed by atoms with Gasteiger partial charge < -0.3 is 19.3 Å². The number of carbonyl (C=O) groups excluding carboxylic acids is 1. The van der Waals surface area contributed by atoms with Gasteiger partial charge in [-0.3, -0.25) is 4.79 Å². The molecular weight excluding hydrogens is 554 g/mol. The van der Waals surface area contributed by atoms with E-state index in [2.05, 4.69) is 9.72 Å². The van der Waals surface area contributed by atoms with Gasteiger partial charge in [0.25, 0.3) is 6.47 Å². The molecule has 0 bridgehead atoms. The number of alkyl halides is 3. The van der Waals surface area contributed by atoms with Crippen LogP contribution in [0.15, 0.2) is 42.6 Å². The molecule has 1 N–H and O–H groups in total. The van der Waals surface area contributed by atoms with E-state index in [1.807, 2.05) is 6.07 Å². The molecule has 2 unspecified atom stereocenters. The number of nitrogens with zero attached hydrogens (tertiary/aromatic N) is 1. The zero-order valence-corrected chi connectivity index (χ0v) is 24.1. The quantitative estimate of drug-likeness (QED) is 0.200. The summed E-state index contributed by atoms with van der Waals surface area (Å²) in [4.78, 5) is 13.5. The lowest BCUT2D eigenvalue weighted by atomic mass is 9.93. The van der Waals surface area contributed by atoms with E-state index in [1.54, 1.807) is 46.0 Å². The number of rotatable bonds is 10. The van der Waals surface area contributed by atoms with E-state index in [4.69, 9.17) is 9.47 Å². The topological polar surface area (TPSA) is 77.9 Å². The Morgan fingerprint density at radius 2 is 1.86 bits per heavy atom. The third-order valence-corrected chi connectivity index (χ3v) is 7.38. The molecular formula is C32H35F4NO5. The van der Waals surface area contributed by atoms with E-state index in [1.165, 1.54) is 29.7 Å². The van der Waals surface area contributed by atoms with Crippen molar-refractivity contribution in [1.29, 1.82) is 0 Å². The maximum absolute atomic E-state index is 14.8. The highest BCUT2D eigenvalue weighted by Crippen LogP contribution is 2.56. The second-order valence-corrected chi connectivity index (χ2v) is 11.2. The van der Waals surface area contributed by atoms with Gasteiger partial charge in [-0.2, -0.15) is 13.2 Å². The second kappa shape index (κ2) is 12.7.